The number of hydrogen-bond acceptors (Lipinski definition) is 2. The van der Waals surface area contributed by atoms with Crippen molar-refractivity contribution in [1.29, 1.82) is 0 Å². The molecular weight excluding hydrogens is 188 g/mol. The van der Waals surface area contributed by atoms with E-state index >= 15 is 0 Å². The van der Waals surface area contributed by atoms with Crippen LogP contribution in [0.15, 0.2) is 24.3 Å². The van der Waals surface area contributed by atoms with Gasteiger partial charge in [-0.25, -0.2) is 0 Å². The molecule has 0 aliphatic rings. The van der Waals surface area contributed by atoms with Crippen LogP contribution in [-0.4, -0.2) is 12.9 Å². The fourth-order valence-corrected chi connectivity index (χ4v) is 1.52. The van der Waals surface area contributed by atoms with Gasteiger partial charge in [0.2, 0.25) is 0 Å². The highest BCUT2D eigenvalue weighted by Gasteiger charge is 2.06. The van der Waals surface area contributed by atoms with Gasteiger partial charge in [-0.2, -0.15) is 0 Å². The number of hydrogen-bond donors (Lipinski definition) is 0. The summed E-state index contributed by atoms with van der Waals surface area (Å²) in [5.41, 5.74) is 1.26. The number of carbonyl (C=O) groups is 1. The van der Waals surface area contributed by atoms with Crippen molar-refractivity contribution >= 4 is 5.78 Å². The average Bonchev–Trinajstić information content (AvgIpc) is 2.26. The summed E-state index contributed by atoms with van der Waals surface area (Å²) in [5.74, 6) is 1.56. The van der Waals surface area contributed by atoms with Gasteiger partial charge in [-0.1, -0.05) is 19.1 Å². The molecule has 0 spiro atoms. The predicted octanol–water partition coefficient (Wildman–Crippen LogP) is 3.17. The van der Waals surface area contributed by atoms with Crippen LogP contribution in [0.2, 0.25) is 0 Å². The molecule has 0 unspecified atom stereocenters. The summed E-state index contributed by atoms with van der Waals surface area (Å²) in [4.78, 5) is 10.9. The van der Waals surface area contributed by atoms with Gasteiger partial charge in [0.05, 0.1) is 7.11 Å². The number of methoxy groups -OCH3 is 1. The van der Waals surface area contributed by atoms with Crippen molar-refractivity contribution in [2.45, 2.75) is 32.6 Å². The first-order chi connectivity index (χ1) is 7.13. The summed E-state index contributed by atoms with van der Waals surface area (Å²) in [6.45, 7) is 3.78. The van der Waals surface area contributed by atoms with E-state index in [1.54, 1.807) is 14.0 Å². The lowest BCUT2D eigenvalue weighted by molar-refractivity contribution is -0.117. The zero-order valence-electron chi connectivity index (χ0n) is 9.62. The quantitative estimate of drug-likeness (QED) is 0.739. The molecule has 0 aromatic heterocycles. The highest BCUT2D eigenvalue weighted by atomic mass is 16.5. The Balaban J connectivity index is 2.57. The Labute approximate surface area is 91.3 Å². The molecule has 0 amide bonds. The number of ether oxygens (including phenoxy) is 1. The minimum Gasteiger partial charge on any atom is -0.497 e. The summed E-state index contributed by atoms with van der Waals surface area (Å²) in [6.07, 6.45) is 1.58. The maximum Gasteiger partial charge on any atom is 0.129 e. The van der Waals surface area contributed by atoms with E-state index in [4.69, 9.17) is 4.74 Å². The molecule has 0 N–H and O–H groups in total. The minimum atomic E-state index is 0.260. The molecule has 0 bridgehead atoms. The van der Waals surface area contributed by atoms with Crippen LogP contribution in [0.4, 0.5) is 0 Å². The van der Waals surface area contributed by atoms with E-state index in [1.165, 1.54) is 5.56 Å². The van der Waals surface area contributed by atoms with E-state index in [2.05, 4.69) is 19.1 Å². The Morgan fingerprint density at radius 3 is 2.40 bits per heavy atom. The molecule has 0 radical (unpaired) electrons. The Kier molecular flexibility index (Phi) is 4.35. The molecule has 15 heavy (non-hydrogen) atoms. The van der Waals surface area contributed by atoms with Crippen LogP contribution < -0.4 is 4.74 Å². The van der Waals surface area contributed by atoms with Crippen molar-refractivity contribution in [2.75, 3.05) is 7.11 Å². The fourth-order valence-electron chi connectivity index (χ4n) is 1.52. The maximum absolute atomic E-state index is 10.9. The molecule has 0 fully saturated rings. The summed E-state index contributed by atoms with van der Waals surface area (Å²) in [5, 5.41) is 0. The van der Waals surface area contributed by atoms with Crippen molar-refractivity contribution in [3.63, 3.8) is 0 Å². The van der Waals surface area contributed by atoms with Gasteiger partial charge in [0.15, 0.2) is 0 Å². The van der Waals surface area contributed by atoms with E-state index in [0.717, 1.165) is 12.2 Å². The molecule has 2 heteroatoms. The highest BCUT2D eigenvalue weighted by Crippen LogP contribution is 2.22. The molecular formula is C13H18O2. The third-order valence-electron chi connectivity index (χ3n) is 2.61. The summed E-state index contributed by atoms with van der Waals surface area (Å²) >= 11 is 0. The molecule has 0 aliphatic carbocycles. The van der Waals surface area contributed by atoms with Crippen molar-refractivity contribution in [2.24, 2.45) is 0 Å². The van der Waals surface area contributed by atoms with E-state index in [0.29, 0.717) is 12.3 Å². The van der Waals surface area contributed by atoms with Crippen LogP contribution >= 0.6 is 0 Å². The second-order valence-electron chi connectivity index (χ2n) is 3.91. The van der Waals surface area contributed by atoms with E-state index in [-0.39, 0.29) is 5.78 Å². The lowest BCUT2D eigenvalue weighted by Gasteiger charge is -2.11. The van der Waals surface area contributed by atoms with Crippen LogP contribution in [0.3, 0.4) is 0 Å². The third-order valence-corrected chi connectivity index (χ3v) is 2.61. The van der Waals surface area contributed by atoms with Gasteiger partial charge in [-0.3, -0.25) is 0 Å². The Morgan fingerprint density at radius 1 is 1.33 bits per heavy atom. The van der Waals surface area contributed by atoms with Gasteiger partial charge < -0.3 is 9.53 Å². The van der Waals surface area contributed by atoms with Gasteiger partial charge in [0, 0.05) is 6.42 Å². The van der Waals surface area contributed by atoms with Crippen molar-refractivity contribution in [1.82, 2.24) is 0 Å². The molecule has 0 saturated carbocycles. The SMILES string of the molecule is COc1ccc([C@@H](C)CCC(C)=O)cc1. The van der Waals surface area contributed by atoms with Crippen LogP contribution in [0.25, 0.3) is 0 Å². The zero-order chi connectivity index (χ0) is 11.3. The number of carbonyl (C=O) groups excluding carboxylic acids is 1. The van der Waals surface area contributed by atoms with E-state index in [1.807, 2.05) is 12.1 Å². The van der Waals surface area contributed by atoms with Gasteiger partial charge in [0.25, 0.3) is 0 Å². The number of Topliss-reactive ketones (excluding diaryl/α,β-unsaturated/α-hetero) is 1. The smallest absolute Gasteiger partial charge is 0.129 e. The summed E-state index contributed by atoms with van der Waals surface area (Å²) in [7, 11) is 1.66. The van der Waals surface area contributed by atoms with Gasteiger partial charge in [0.1, 0.15) is 11.5 Å². The van der Waals surface area contributed by atoms with Gasteiger partial charge >= 0.3 is 0 Å². The van der Waals surface area contributed by atoms with Crippen LogP contribution in [-0.2, 0) is 4.79 Å². The summed E-state index contributed by atoms with van der Waals surface area (Å²) < 4.78 is 5.09. The number of ketones is 1. The third kappa shape index (κ3) is 3.74. The topological polar surface area (TPSA) is 26.3 Å². The fraction of sp³-hybridized carbons (Fsp3) is 0.462. The second kappa shape index (κ2) is 5.54. The first-order valence-corrected chi connectivity index (χ1v) is 5.27. The first kappa shape index (κ1) is 11.8. The standard InChI is InChI=1S/C13H18O2/c1-10(4-5-11(2)14)12-6-8-13(15-3)9-7-12/h6-10H,4-5H2,1-3H3/t10-/m0/s1. The van der Waals surface area contributed by atoms with Crippen LogP contribution in [0, 0.1) is 0 Å². The first-order valence-electron chi connectivity index (χ1n) is 5.27. The Bertz CT molecular complexity index is 314. The molecule has 0 saturated heterocycles. The Morgan fingerprint density at radius 2 is 1.93 bits per heavy atom. The van der Waals surface area contributed by atoms with Gasteiger partial charge in [-0.05, 0) is 37.0 Å². The predicted molar refractivity (Wildman–Crippen MR) is 61.3 cm³/mol. The lowest BCUT2D eigenvalue weighted by atomic mass is 9.95. The molecule has 82 valence electrons. The lowest BCUT2D eigenvalue weighted by Crippen LogP contribution is -1.98. The summed E-state index contributed by atoms with van der Waals surface area (Å²) in [6, 6.07) is 8.03. The average molecular weight is 206 g/mol. The van der Waals surface area contributed by atoms with Crippen molar-refractivity contribution < 1.29 is 9.53 Å². The molecule has 1 aromatic carbocycles. The monoisotopic (exact) mass is 206 g/mol. The minimum absolute atomic E-state index is 0.260. The zero-order valence-corrected chi connectivity index (χ0v) is 9.62. The molecule has 2 nitrogen and oxygen atoms in total. The number of benzene rings is 1. The van der Waals surface area contributed by atoms with Crippen LogP contribution in [0.5, 0.6) is 5.75 Å². The van der Waals surface area contributed by atoms with Crippen LogP contribution in [0.1, 0.15) is 38.2 Å². The van der Waals surface area contributed by atoms with Crippen molar-refractivity contribution in [3.8, 4) is 5.75 Å². The van der Waals surface area contributed by atoms with E-state index < -0.39 is 0 Å². The van der Waals surface area contributed by atoms with E-state index in [9.17, 15) is 4.79 Å². The normalized spacial score (nSPS) is 12.2. The second-order valence-corrected chi connectivity index (χ2v) is 3.91. The van der Waals surface area contributed by atoms with Gasteiger partial charge in [-0.15, -0.1) is 0 Å². The number of rotatable bonds is 5. The highest BCUT2D eigenvalue weighted by molar-refractivity contribution is 5.75. The molecule has 0 heterocycles. The maximum atomic E-state index is 10.9. The molecule has 1 atom stereocenters. The molecule has 1 rings (SSSR count). The van der Waals surface area contributed by atoms with Crippen molar-refractivity contribution in [3.05, 3.63) is 29.8 Å². The Hall–Kier alpha value is -1.31. The molecule has 1 aromatic rings. The molecule has 0 aliphatic heterocycles. The largest absolute Gasteiger partial charge is 0.497 e.